The highest BCUT2D eigenvalue weighted by atomic mass is 32.2. The lowest BCUT2D eigenvalue weighted by atomic mass is 9.96. The van der Waals surface area contributed by atoms with Crippen LogP contribution in [0.15, 0.2) is 4.99 Å². The van der Waals surface area contributed by atoms with Gasteiger partial charge in [-0.2, -0.15) is 10.3 Å². The van der Waals surface area contributed by atoms with Gasteiger partial charge in [-0.3, -0.25) is 9.59 Å². The number of nitriles is 1. The lowest BCUT2D eigenvalue weighted by Crippen LogP contribution is -2.21. The largest absolute Gasteiger partial charge is 0.378 e. The molecule has 0 spiro atoms. The van der Waals surface area contributed by atoms with Crippen molar-refractivity contribution in [3.8, 4) is 6.07 Å². The molecule has 6 nitrogen and oxygen atoms in total. The Bertz CT molecular complexity index is 717. The lowest BCUT2D eigenvalue weighted by Gasteiger charge is -2.09. The highest BCUT2D eigenvalue weighted by molar-refractivity contribution is 8.15. The van der Waals surface area contributed by atoms with Crippen molar-refractivity contribution < 1.29 is 9.59 Å². The van der Waals surface area contributed by atoms with Gasteiger partial charge in [-0.1, -0.05) is 11.8 Å². The van der Waals surface area contributed by atoms with Crippen molar-refractivity contribution in [3.63, 3.8) is 0 Å². The van der Waals surface area contributed by atoms with Crippen LogP contribution in [0.3, 0.4) is 0 Å². The van der Waals surface area contributed by atoms with E-state index in [-0.39, 0.29) is 23.4 Å². The molecule has 1 aromatic rings. The molecule has 22 heavy (non-hydrogen) atoms. The third kappa shape index (κ3) is 2.87. The number of fused-ring (bicyclic) bond motifs is 1. The number of amidine groups is 1. The summed E-state index contributed by atoms with van der Waals surface area (Å²) in [6.45, 7) is 0. The van der Waals surface area contributed by atoms with Crippen molar-refractivity contribution >= 4 is 45.1 Å². The first kappa shape index (κ1) is 15.1. The molecule has 3 rings (SSSR count). The standard InChI is InChI=1S/C14H14N4O2S2/c15-6-8-7-3-1-2-4-9(7)21-13(8)17-11(19)5-10-12(20)18-14(16)22-10/h10H,1-5H2,(H,17,19)(H2,16,18,20)/t10-/m0/s1. The molecular formula is C14H14N4O2S2. The van der Waals surface area contributed by atoms with E-state index in [0.717, 1.165) is 43.0 Å². The molecule has 8 heteroatoms. The maximum Gasteiger partial charge on any atom is 0.262 e. The number of carbonyl (C=O) groups is 2. The zero-order valence-corrected chi connectivity index (χ0v) is 13.4. The molecule has 0 fully saturated rings. The topological polar surface area (TPSA) is 108 Å². The third-order valence-corrected chi connectivity index (χ3v) is 5.86. The molecule has 0 unspecified atom stereocenters. The maximum atomic E-state index is 12.1. The highest BCUT2D eigenvalue weighted by Crippen LogP contribution is 2.37. The summed E-state index contributed by atoms with van der Waals surface area (Å²) in [6.07, 6.45) is 4.07. The fraction of sp³-hybridized carbons (Fsp3) is 0.429. The Kier molecular flexibility index (Phi) is 4.18. The molecule has 0 aromatic carbocycles. The summed E-state index contributed by atoms with van der Waals surface area (Å²) in [5.74, 6) is -0.658. The SMILES string of the molecule is N#Cc1c(NC(=O)C[C@@H]2SC(N)=NC2=O)sc2c1CCCC2. The van der Waals surface area contributed by atoms with Crippen LogP contribution in [0.2, 0.25) is 0 Å². The Morgan fingerprint density at radius 2 is 2.23 bits per heavy atom. The number of aryl methyl sites for hydroxylation is 1. The average molecular weight is 334 g/mol. The smallest absolute Gasteiger partial charge is 0.262 e. The molecule has 0 saturated carbocycles. The number of hydrogen-bond acceptors (Lipinski definition) is 6. The summed E-state index contributed by atoms with van der Waals surface area (Å²) in [6, 6.07) is 2.20. The second kappa shape index (κ2) is 6.10. The van der Waals surface area contributed by atoms with Gasteiger partial charge < -0.3 is 11.1 Å². The number of nitrogens with one attached hydrogen (secondary N) is 1. The predicted molar refractivity (Wildman–Crippen MR) is 86.9 cm³/mol. The third-order valence-electron chi connectivity index (χ3n) is 3.67. The molecule has 0 radical (unpaired) electrons. The van der Waals surface area contributed by atoms with Crippen LogP contribution < -0.4 is 11.1 Å². The average Bonchev–Trinajstić information content (AvgIpc) is 2.98. The fourth-order valence-corrected chi connectivity index (χ4v) is 4.73. The van der Waals surface area contributed by atoms with E-state index < -0.39 is 5.25 Å². The Hall–Kier alpha value is -1.85. The molecule has 114 valence electrons. The molecule has 3 N–H and O–H groups in total. The van der Waals surface area contributed by atoms with Crippen molar-refractivity contribution in [1.29, 1.82) is 5.26 Å². The molecule has 1 aliphatic heterocycles. The molecule has 1 aromatic heterocycles. The van der Waals surface area contributed by atoms with Gasteiger partial charge in [-0.25, -0.2) is 0 Å². The van der Waals surface area contributed by atoms with Crippen molar-refractivity contribution in [2.75, 3.05) is 5.32 Å². The van der Waals surface area contributed by atoms with E-state index in [4.69, 9.17) is 5.73 Å². The molecule has 1 atom stereocenters. The van der Waals surface area contributed by atoms with Crippen LogP contribution in [0, 0.1) is 11.3 Å². The molecule has 2 amide bonds. The fourth-order valence-electron chi connectivity index (χ4n) is 2.65. The van der Waals surface area contributed by atoms with Crippen LogP contribution >= 0.6 is 23.1 Å². The second-order valence-electron chi connectivity index (χ2n) is 5.17. The quantitative estimate of drug-likeness (QED) is 0.876. The van der Waals surface area contributed by atoms with Gasteiger partial charge in [0, 0.05) is 11.3 Å². The van der Waals surface area contributed by atoms with E-state index in [9.17, 15) is 14.9 Å². The van der Waals surface area contributed by atoms with E-state index in [1.54, 1.807) is 0 Å². The number of rotatable bonds is 3. The van der Waals surface area contributed by atoms with Crippen molar-refractivity contribution in [1.82, 2.24) is 0 Å². The number of anilines is 1. The van der Waals surface area contributed by atoms with E-state index in [2.05, 4.69) is 16.4 Å². The van der Waals surface area contributed by atoms with Crippen molar-refractivity contribution in [2.45, 2.75) is 37.4 Å². The zero-order valence-electron chi connectivity index (χ0n) is 11.7. The normalized spacial score (nSPS) is 20.2. The van der Waals surface area contributed by atoms with Crippen LogP contribution in [0.1, 0.15) is 35.3 Å². The minimum atomic E-state index is -0.555. The van der Waals surface area contributed by atoms with Gasteiger partial charge in [-0.15, -0.1) is 11.3 Å². The summed E-state index contributed by atoms with van der Waals surface area (Å²) >= 11 is 2.58. The minimum absolute atomic E-state index is 0.0150. The van der Waals surface area contributed by atoms with E-state index in [1.165, 1.54) is 16.2 Å². The summed E-state index contributed by atoms with van der Waals surface area (Å²) in [5, 5.41) is 12.4. The summed E-state index contributed by atoms with van der Waals surface area (Å²) in [7, 11) is 0. The van der Waals surface area contributed by atoms with Gasteiger partial charge in [0.05, 0.1) is 5.56 Å². The number of nitrogens with two attached hydrogens (primary N) is 1. The Morgan fingerprint density at radius 1 is 1.45 bits per heavy atom. The molecule has 1 aliphatic carbocycles. The zero-order chi connectivity index (χ0) is 15.7. The molecule has 0 bridgehead atoms. The summed E-state index contributed by atoms with van der Waals surface area (Å²) in [5.41, 5.74) is 7.13. The summed E-state index contributed by atoms with van der Waals surface area (Å²) < 4.78 is 0. The van der Waals surface area contributed by atoms with Crippen molar-refractivity contribution in [2.24, 2.45) is 10.7 Å². The van der Waals surface area contributed by atoms with Gasteiger partial charge in [0.15, 0.2) is 5.17 Å². The van der Waals surface area contributed by atoms with Crippen LogP contribution in [0.5, 0.6) is 0 Å². The van der Waals surface area contributed by atoms with E-state index >= 15 is 0 Å². The number of thioether (sulfide) groups is 1. The highest BCUT2D eigenvalue weighted by Gasteiger charge is 2.30. The summed E-state index contributed by atoms with van der Waals surface area (Å²) in [4.78, 5) is 28.5. The molecule has 2 heterocycles. The maximum absolute atomic E-state index is 12.1. The van der Waals surface area contributed by atoms with E-state index in [1.807, 2.05) is 0 Å². The Labute approximate surface area is 135 Å². The second-order valence-corrected chi connectivity index (χ2v) is 7.50. The monoisotopic (exact) mass is 334 g/mol. The minimum Gasteiger partial charge on any atom is -0.378 e. The van der Waals surface area contributed by atoms with Gasteiger partial charge in [-0.05, 0) is 31.2 Å². The number of amides is 2. The molecular weight excluding hydrogens is 320 g/mol. The first-order valence-electron chi connectivity index (χ1n) is 6.97. The predicted octanol–water partition coefficient (Wildman–Crippen LogP) is 1.78. The Balaban J connectivity index is 1.71. The van der Waals surface area contributed by atoms with Crippen LogP contribution in [0.25, 0.3) is 0 Å². The van der Waals surface area contributed by atoms with Gasteiger partial charge in [0.25, 0.3) is 5.91 Å². The molecule has 2 aliphatic rings. The number of hydrogen-bond donors (Lipinski definition) is 2. The first-order valence-corrected chi connectivity index (χ1v) is 8.67. The van der Waals surface area contributed by atoms with Crippen LogP contribution in [-0.2, 0) is 22.4 Å². The Morgan fingerprint density at radius 3 is 2.91 bits per heavy atom. The number of thiophene rings is 1. The van der Waals surface area contributed by atoms with Gasteiger partial charge in [0.2, 0.25) is 5.91 Å². The first-order chi connectivity index (χ1) is 10.6. The van der Waals surface area contributed by atoms with Gasteiger partial charge >= 0.3 is 0 Å². The molecule has 0 saturated heterocycles. The van der Waals surface area contributed by atoms with Gasteiger partial charge in [0.1, 0.15) is 16.3 Å². The number of nitrogens with zero attached hydrogens (tertiary/aromatic N) is 2. The van der Waals surface area contributed by atoms with Crippen molar-refractivity contribution in [3.05, 3.63) is 16.0 Å². The lowest BCUT2D eigenvalue weighted by molar-refractivity contribution is -0.121. The number of carbonyl (C=O) groups excluding carboxylic acids is 2. The number of aliphatic imine (C=N–C) groups is 1. The van der Waals surface area contributed by atoms with Crippen LogP contribution in [-0.4, -0.2) is 22.2 Å². The van der Waals surface area contributed by atoms with Crippen LogP contribution in [0.4, 0.5) is 5.00 Å². The van der Waals surface area contributed by atoms with E-state index in [0.29, 0.717) is 10.6 Å².